The van der Waals surface area contributed by atoms with Crippen molar-refractivity contribution in [1.29, 1.82) is 0 Å². The first kappa shape index (κ1) is 22.5. The Morgan fingerprint density at radius 1 is 1.12 bits per heavy atom. The predicted octanol–water partition coefficient (Wildman–Crippen LogP) is 5.90. The van der Waals surface area contributed by atoms with Crippen LogP contribution >= 0.6 is 15.9 Å². The summed E-state index contributed by atoms with van der Waals surface area (Å²) in [5.74, 6) is -1.31. The Morgan fingerprint density at radius 3 is 2.47 bits per heavy atom. The van der Waals surface area contributed by atoms with Gasteiger partial charge in [0.1, 0.15) is 5.82 Å². The highest BCUT2D eigenvalue weighted by molar-refractivity contribution is 9.10. The van der Waals surface area contributed by atoms with Crippen LogP contribution in [-0.2, 0) is 14.3 Å². The van der Waals surface area contributed by atoms with Crippen LogP contribution in [0.5, 0.6) is 0 Å². The number of ether oxygens (including phenoxy) is 1. The lowest BCUT2D eigenvalue weighted by molar-refractivity contribution is -0.143. The maximum atomic E-state index is 13.5. The van der Waals surface area contributed by atoms with E-state index < -0.39 is 11.9 Å². The van der Waals surface area contributed by atoms with Gasteiger partial charge >= 0.3 is 5.97 Å². The Kier molecular flexibility index (Phi) is 6.33. The fraction of sp³-hybridized carbons (Fsp3) is 0.308. The van der Waals surface area contributed by atoms with Crippen molar-refractivity contribution >= 4 is 27.7 Å². The van der Waals surface area contributed by atoms with Gasteiger partial charge in [-0.05, 0) is 62.4 Å². The molecule has 0 fully saturated rings. The zero-order valence-electron chi connectivity index (χ0n) is 18.2. The summed E-state index contributed by atoms with van der Waals surface area (Å²) >= 11 is 3.61. The van der Waals surface area contributed by atoms with Gasteiger partial charge in [-0.25, -0.2) is 9.18 Å². The van der Waals surface area contributed by atoms with Crippen LogP contribution < -0.4 is 5.32 Å². The van der Waals surface area contributed by atoms with Gasteiger partial charge in [0.05, 0.1) is 11.7 Å². The second-order valence-electron chi connectivity index (χ2n) is 8.54. The van der Waals surface area contributed by atoms with Crippen LogP contribution in [0.4, 0.5) is 4.39 Å². The van der Waals surface area contributed by atoms with Crippen molar-refractivity contribution in [2.45, 2.75) is 51.6 Å². The minimum Gasteiger partial charge on any atom is -0.460 e. The normalized spacial score (nSPS) is 20.9. The lowest BCUT2D eigenvalue weighted by Crippen LogP contribution is -2.36. The third-order valence-electron chi connectivity index (χ3n) is 5.95. The lowest BCUT2D eigenvalue weighted by atomic mass is 9.71. The first-order chi connectivity index (χ1) is 15.3. The number of allylic oxidation sites excluding steroid dienone is 3. The van der Waals surface area contributed by atoms with Crippen LogP contribution in [-0.4, -0.2) is 17.9 Å². The summed E-state index contributed by atoms with van der Waals surface area (Å²) in [4.78, 5) is 26.6. The molecule has 1 heterocycles. The third kappa shape index (κ3) is 4.29. The van der Waals surface area contributed by atoms with Gasteiger partial charge in [-0.3, -0.25) is 4.79 Å². The Bertz CT molecular complexity index is 1130. The molecule has 0 aromatic heterocycles. The summed E-state index contributed by atoms with van der Waals surface area (Å²) in [6, 6.07) is 14.0. The quantitative estimate of drug-likeness (QED) is 0.534. The Labute approximate surface area is 195 Å². The van der Waals surface area contributed by atoms with Crippen molar-refractivity contribution in [2.75, 3.05) is 0 Å². The molecule has 1 N–H and O–H groups in total. The lowest BCUT2D eigenvalue weighted by Gasteiger charge is -2.37. The monoisotopic (exact) mass is 497 g/mol. The van der Waals surface area contributed by atoms with E-state index in [1.165, 1.54) is 12.1 Å². The van der Waals surface area contributed by atoms with Gasteiger partial charge in [-0.2, -0.15) is 0 Å². The molecular formula is C26H25BrFNO3. The summed E-state index contributed by atoms with van der Waals surface area (Å²) in [5, 5.41) is 3.33. The molecule has 4 rings (SSSR count). The molecule has 2 atom stereocenters. The second-order valence-corrected chi connectivity index (χ2v) is 9.40. The van der Waals surface area contributed by atoms with E-state index in [-0.39, 0.29) is 23.6 Å². The van der Waals surface area contributed by atoms with E-state index >= 15 is 0 Å². The molecule has 2 aliphatic rings. The van der Waals surface area contributed by atoms with Gasteiger partial charge in [0.2, 0.25) is 0 Å². The molecule has 0 spiro atoms. The zero-order chi connectivity index (χ0) is 23.0. The zero-order valence-corrected chi connectivity index (χ0v) is 19.8. The van der Waals surface area contributed by atoms with Gasteiger partial charge in [-0.1, -0.05) is 46.3 Å². The minimum absolute atomic E-state index is 0.0174. The van der Waals surface area contributed by atoms with E-state index in [1.54, 1.807) is 26.0 Å². The second kappa shape index (κ2) is 9.02. The number of Topliss-reactive ketones (excluding diaryl/α,β-unsaturated/α-hetero) is 1. The van der Waals surface area contributed by atoms with Crippen LogP contribution in [0, 0.1) is 5.82 Å². The number of rotatable bonds is 4. The first-order valence-electron chi connectivity index (χ1n) is 10.7. The van der Waals surface area contributed by atoms with Gasteiger partial charge in [0, 0.05) is 33.8 Å². The van der Waals surface area contributed by atoms with Gasteiger partial charge in [0.15, 0.2) is 5.78 Å². The van der Waals surface area contributed by atoms with Crippen molar-refractivity contribution in [3.63, 3.8) is 0 Å². The van der Waals surface area contributed by atoms with E-state index in [9.17, 15) is 14.0 Å². The summed E-state index contributed by atoms with van der Waals surface area (Å²) in [6.07, 6.45) is 0.638. The van der Waals surface area contributed by atoms with Crippen molar-refractivity contribution in [1.82, 2.24) is 5.32 Å². The van der Waals surface area contributed by atoms with E-state index in [4.69, 9.17) is 4.74 Å². The summed E-state index contributed by atoms with van der Waals surface area (Å²) in [7, 11) is 0. The maximum absolute atomic E-state index is 13.5. The molecule has 6 heteroatoms. The number of nitrogens with one attached hydrogen (secondary N) is 1. The average Bonchev–Trinajstić information content (AvgIpc) is 2.73. The number of ketones is 1. The van der Waals surface area contributed by atoms with Crippen LogP contribution in [0.3, 0.4) is 0 Å². The maximum Gasteiger partial charge on any atom is 0.337 e. The van der Waals surface area contributed by atoms with Crippen molar-refractivity contribution in [2.24, 2.45) is 0 Å². The number of halogens is 2. The first-order valence-corrected chi connectivity index (χ1v) is 11.5. The molecule has 4 nitrogen and oxygen atoms in total. The van der Waals surface area contributed by atoms with Crippen molar-refractivity contribution in [3.05, 3.63) is 92.5 Å². The SMILES string of the molecule is CC1=C(C(=O)OC(C)C)C(c2ccccc2Br)C2=C(CC(c3ccc(F)cc3)CC2=O)N1. The smallest absolute Gasteiger partial charge is 0.337 e. The summed E-state index contributed by atoms with van der Waals surface area (Å²) in [5.41, 5.74) is 4.34. The highest BCUT2D eigenvalue weighted by Crippen LogP contribution is 2.47. The molecule has 0 radical (unpaired) electrons. The molecule has 2 aromatic carbocycles. The largest absolute Gasteiger partial charge is 0.460 e. The number of benzene rings is 2. The van der Waals surface area contributed by atoms with Gasteiger partial charge in [-0.15, -0.1) is 0 Å². The Balaban J connectivity index is 1.80. The summed E-state index contributed by atoms with van der Waals surface area (Å²) in [6.45, 7) is 5.46. The fourth-order valence-corrected chi connectivity index (χ4v) is 5.09. The van der Waals surface area contributed by atoms with Gasteiger partial charge < -0.3 is 10.1 Å². The van der Waals surface area contributed by atoms with Crippen LogP contribution in [0.15, 0.2) is 75.5 Å². The molecule has 1 aliphatic heterocycles. The highest BCUT2D eigenvalue weighted by atomic mass is 79.9. The number of dihydropyridines is 1. The Hall–Kier alpha value is -2.73. The Morgan fingerprint density at radius 2 is 1.81 bits per heavy atom. The third-order valence-corrected chi connectivity index (χ3v) is 6.67. The van der Waals surface area contributed by atoms with Crippen LogP contribution in [0.25, 0.3) is 0 Å². The molecule has 2 unspecified atom stereocenters. The molecular weight excluding hydrogens is 473 g/mol. The molecule has 2 aromatic rings. The molecule has 0 amide bonds. The standard InChI is InChI=1S/C26H25BrFNO3/c1-14(2)32-26(31)23-15(3)29-21-12-17(16-8-10-18(28)11-9-16)13-22(30)25(21)24(23)19-6-4-5-7-20(19)27/h4-11,14,17,24,29H,12-13H2,1-3H3. The van der Waals surface area contributed by atoms with E-state index in [1.807, 2.05) is 31.2 Å². The molecule has 166 valence electrons. The number of carbonyl (C=O) groups is 2. The number of carbonyl (C=O) groups excluding carboxylic acids is 2. The van der Waals surface area contributed by atoms with Crippen LogP contribution in [0.1, 0.15) is 56.6 Å². The molecule has 0 saturated carbocycles. The molecule has 1 aliphatic carbocycles. The average molecular weight is 498 g/mol. The summed E-state index contributed by atoms with van der Waals surface area (Å²) < 4.78 is 19.8. The van der Waals surface area contributed by atoms with Crippen LogP contribution in [0.2, 0.25) is 0 Å². The predicted molar refractivity (Wildman–Crippen MR) is 124 cm³/mol. The van der Waals surface area contributed by atoms with Gasteiger partial charge in [0.25, 0.3) is 0 Å². The fourth-order valence-electron chi connectivity index (χ4n) is 4.58. The molecule has 32 heavy (non-hydrogen) atoms. The van der Waals surface area contributed by atoms with E-state index in [0.717, 1.165) is 21.3 Å². The number of esters is 1. The van der Waals surface area contributed by atoms with Crippen molar-refractivity contribution < 1.29 is 18.7 Å². The highest BCUT2D eigenvalue weighted by Gasteiger charge is 2.42. The molecule has 0 saturated heterocycles. The minimum atomic E-state index is -0.519. The topological polar surface area (TPSA) is 55.4 Å². The van der Waals surface area contributed by atoms with E-state index in [0.29, 0.717) is 29.7 Å². The number of hydrogen-bond donors (Lipinski definition) is 1. The van der Waals surface area contributed by atoms with Crippen molar-refractivity contribution in [3.8, 4) is 0 Å². The molecule has 0 bridgehead atoms. The number of hydrogen-bond acceptors (Lipinski definition) is 4. The van der Waals surface area contributed by atoms with E-state index in [2.05, 4.69) is 21.2 Å².